The average molecular weight is 591 g/mol. The number of hydrogen-bond donors (Lipinski definition) is 0. The fourth-order valence-corrected chi connectivity index (χ4v) is 5.06. The molecule has 8 heteroatoms. The van der Waals surface area contributed by atoms with E-state index in [4.69, 9.17) is 21.4 Å². The highest BCUT2D eigenvalue weighted by atomic mass is 35.5. The van der Waals surface area contributed by atoms with Crippen LogP contribution in [0.5, 0.6) is 5.75 Å². The summed E-state index contributed by atoms with van der Waals surface area (Å²) in [5, 5.41) is 15.2. The van der Waals surface area contributed by atoms with Gasteiger partial charge in [-0.2, -0.15) is 10.4 Å². The van der Waals surface area contributed by atoms with Gasteiger partial charge < -0.3 is 4.74 Å². The summed E-state index contributed by atoms with van der Waals surface area (Å²) in [6.45, 7) is 6.32. The number of aromatic nitrogens is 2. The number of nitriles is 1. The van der Waals surface area contributed by atoms with Crippen LogP contribution in [0.4, 0.5) is 0 Å². The predicted octanol–water partition coefficient (Wildman–Crippen LogP) is 7.47. The van der Waals surface area contributed by atoms with Gasteiger partial charge in [0.15, 0.2) is 0 Å². The molecule has 4 aromatic rings. The number of hydrogen-bond acceptors (Lipinski definition) is 5. The minimum Gasteiger partial charge on any atom is -0.492 e. The highest BCUT2D eigenvalue weighted by molar-refractivity contribution is 6.32. The predicted molar refractivity (Wildman–Crippen MR) is 167 cm³/mol. The number of rotatable bonds is 9. The first-order valence-corrected chi connectivity index (χ1v) is 14.5. The number of nitrogens with zero attached hydrogens (tertiary/aromatic N) is 4. The molecule has 0 fully saturated rings. The first kappa shape index (κ1) is 29.6. The lowest BCUT2D eigenvalue weighted by Gasteiger charge is -2.27. The van der Waals surface area contributed by atoms with Gasteiger partial charge in [0.25, 0.3) is 11.8 Å². The Labute approximate surface area is 256 Å². The lowest BCUT2D eigenvalue weighted by atomic mass is 9.93. The first-order valence-electron chi connectivity index (χ1n) is 14.1. The van der Waals surface area contributed by atoms with E-state index in [2.05, 4.69) is 6.92 Å². The van der Waals surface area contributed by atoms with Crippen LogP contribution in [-0.4, -0.2) is 33.1 Å². The molecule has 0 saturated carbocycles. The molecule has 3 aromatic carbocycles. The molecular formula is C35H31ClN4O3. The Kier molecular flexibility index (Phi) is 8.89. The maximum atomic E-state index is 13.9. The van der Waals surface area contributed by atoms with Gasteiger partial charge in [0.1, 0.15) is 23.1 Å². The second kappa shape index (κ2) is 12.9. The van der Waals surface area contributed by atoms with Crippen LogP contribution >= 0.6 is 11.6 Å². The lowest BCUT2D eigenvalue weighted by Crippen LogP contribution is -2.42. The van der Waals surface area contributed by atoms with Crippen LogP contribution < -0.4 is 4.74 Å². The summed E-state index contributed by atoms with van der Waals surface area (Å²) >= 11 is 6.62. The summed E-state index contributed by atoms with van der Waals surface area (Å²) in [7, 11) is 0. The van der Waals surface area contributed by atoms with Crippen molar-refractivity contribution in [3.05, 3.63) is 117 Å². The Morgan fingerprint density at radius 2 is 1.74 bits per heavy atom. The van der Waals surface area contributed by atoms with Crippen molar-refractivity contribution in [1.82, 2.24) is 14.7 Å². The van der Waals surface area contributed by atoms with E-state index in [0.717, 1.165) is 40.1 Å². The van der Waals surface area contributed by atoms with Crippen LogP contribution in [0.15, 0.2) is 95.7 Å². The van der Waals surface area contributed by atoms with E-state index in [1.165, 1.54) is 0 Å². The summed E-state index contributed by atoms with van der Waals surface area (Å²) in [6, 6.07) is 24.7. The number of carbonyl (C=O) groups excluding carboxylic acids is 2. The van der Waals surface area contributed by atoms with E-state index < -0.39 is 11.8 Å². The van der Waals surface area contributed by atoms with Crippen molar-refractivity contribution >= 4 is 29.5 Å². The second-order valence-corrected chi connectivity index (χ2v) is 10.8. The zero-order valence-corrected chi connectivity index (χ0v) is 25.1. The van der Waals surface area contributed by atoms with Gasteiger partial charge >= 0.3 is 0 Å². The van der Waals surface area contributed by atoms with Crippen LogP contribution in [-0.2, 0) is 16.1 Å². The van der Waals surface area contributed by atoms with E-state index in [9.17, 15) is 14.9 Å². The zero-order chi connectivity index (χ0) is 30.5. The standard InChI is InChI=1S/C35H31ClN4O3/c1-4-5-17-43-32-16-15-26(19-31(32)36)33-27(22-40(38-33)28-9-7-6-8-10-28)18-29-24(3)30(20-37)35(42)39(34(29)41)21-25-13-11-23(2)12-14-25/h6-16,18-19,22H,4-5,17,21H2,1-3H3/b29-18+. The van der Waals surface area contributed by atoms with Crippen molar-refractivity contribution in [2.24, 2.45) is 0 Å². The Bertz CT molecular complexity index is 1780. The molecule has 0 aliphatic carbocycles. The molecule has 5 rings (SSSR count). The molecule has 216 valence electrons. The summed E-state index contributed by atoms with van der Waals surface area (Å²) in [6.07, 6.45) is 5.46. The summed E-state index contributed by atoms with van der Waals surface area (Å²) in [4.78, 5) is 28.2. The fourth-order valence-electron chi connectivity index (χ4n) is 4.83. The molecule has 0 unspecified atom stereocenters. The van der Waals surface area contributed by atoms with Gasteiger partial charge in [0.2, 0.25) is 0 Å². The SMILES string of the molecule is CCCCOc1ccc(-c2nn(-c3ccccc3)cc2/C=C2/C(=O)N(Cc3ccc(C)cc3)C(=O)C(C#N)=C2C)cc1Cl. The van der Waals surface area contributed by atoms with E-state index in [-0.39, 0.29) is 17.7 Å². The number of carbonyl (C=O) groups is 2. The third kappa shape index (κ3) is 6.30. The molecule has 0 radical (unpaired) electrons. The van der Waals surface area contributed by atoms with Crippen molar-refractivity contribution in [1.29, 1.82) is 5.26 Å². The smallest absolute Gasteiger partial charge is 0.271 e. The van der Waals surface area contributed by atoms with E-state index in [1.54, 1.807) is 23.7 Å². The van der Waals surface area contributed by atoms with Gasteiger partial charge in [0.05, 0.1) is 23.9 Å². The van der Waals surface area contributed by atoms with Gasteiger partial charge in [-0.3, -0.25) is 14.5 Å². The topological polar surface area (TPSA) is 88.2 Å². The largest absolute Gasteiger partial charge is 0.492 e. The van der Waals surface area contributed by atoms with Crippen LogP contribution in [0.1, 0.15) is 43.4 Å². The number of unbranched alkanes of at least 4 members (excludes halogenated alkanes) is 1. The maximum absolute atomic E-state index is 13.9. The zero-order valence-electron chi connectivity index (χ0n) is 24.3. The van der Waals surface area contributed by atoms with Crippen LogP contribution in [0.25, 0.3) is 23.0 Å². The van der Waals surface area contributed by atoms with Crippen LogP contribution in [0.3, 0.4) is 0 Å². The molecule has 0 spiro atoms. The quantitative estimate of drug-likeness (QED) is 0.115. The minimum absolute atomic E-state index is 0.0545. The molecule has 1 aliphatic heterocycles. The van der Waals surface area contributed by atoms with Gasteiger partial charge in [-0.1, -0.05) is 73.0 Å². The lowest BCUT2D eigenvalue weighted by molar-refractivity contribution is -0.141. The Morgan fingerprint density at radius 1 is 1.00 bits per heavy atom. The van der Waals surface area contributed by atoms with E-state index in [0.29, 0.717) is 34.2 Å². The molecular weight excluding hydrogens is 560 g/mol. The van der Waals surface area contributed by atoms with Crippen molar-refractivity contribution in [2.75, 3.05) is 6.61 Å². The number of para-hydroxylation sites is 1. The molecule has 0 bridgehead atoms. The second-order valence-electron chi connectivity index (χ2n) is 10.4. The maximum Gasteiger partial charge on any atom is 0.271 e. The molecule has 2 heterocycles. The summed E-state index contributed by atoms with van der Waals surface area (Å²) in [5.74, 6) is -0.488. The monoisotopic (exact) mass is 590 g/mol. The van der Waals surface area contributed by atoms with Crippen molar-refractivity contribution in [3.63, 3.8) is 0 Å². The highest BCUT2D eigenvalue weighted by Gasteiger charge is 2.35. The average Bonchev–Trinajstić information content (AvgIpc) is 3.44. The van der Waals surface area contributed by atoms with Gasteiger partial charge in [-0.15, -0.1) is 0 Å². The van der Waals surface area contributed by atoms with Crippen LogP contribution in [0, 0.1) is 18.3 Å². The molecule has 7 nitrogen and oxygen atoms in total. The van der Waals surface area contributed by atoms with Crippen molar-refractivity contribution in [3.8, 4) is 28.8 Å². The Balaban J connectivity index is 1.61. The van der Waals surface area contributed by atoms with Gasteiger partial charge in [0, 0.05) is 22.9 Å². The third-order valence-electron chi connectivity index (χ3n) is 7.31. The molecule has 0 atom stereocenters. The molecule has 43 heavy (non-hydrogen) atoms. The molecule has 0 saturated heterocycles. The Morgan fingerprint density at radius 3 is 2.42 bits per heavy atom. The Hall–Kier alpha value is -4.93. The molecule has 1 aliphatic rings. The molecule has 0 N–H and O–H groups in total. The summed E-state index contributed by atoms with van der Waals surface area (Å²) < 4.78 is 7.57. The van der Waals surface area contributed by atoms with Gasteiger partial charge in [-0.05, 0) is 67.8 Å². The number of ether oxygens (including phenoxy) is 1. The number of amides is 2. The van der Waals surface area contributed by atoms with Crippen molar-refractivity contribution in [2.45, 2.75) is 40.2 Å². The first-order chi connectivity index (χ1) is 20.8. The minimum atomic E-state index is -0.603. The molecule has 2 amide bonds. The molecule has 1 aromatic heterocycles. The normalized spacial score (nSPS) is 14.4. The number of benzene rings is 3. The number of imide groups is 1. The third-order valence-corrected chi connectivity index (χ3v) is 7.61. The summed E-state index contributed by atoms with van der Waals surface area (Å²) in [5.41, 5.74) is 5.14. The van der Waals surface area contributed by atoms with Gasteiger partial charge in [-0.25, -0.2) is 4.68 Å². The number of aryl methyl sites for hydroxylation is 1. The van der Waals surface area contributed by atoms with Crippen molar-refractivity contribution < 1.29 is 14.3 Å². The van der Waals surface area contributed by atoms with Crippen LogP contribution in [0.2, 0.25) is 5.02 Å². The number of halogens is 1. The van der Waals surface area contributed by atoms with E-state index >= 15 is 0 Å². The van der Waals surface area contributed by atoms with E-state index in [1.807, 2.05) is 85.9 Å². The highest BCUT2D eigenvalue weighted by Crippen LogP contribution is 2.35. The fraction of sp³-hybridized carbons (Fsp3) is 0.200.